The second-order valence-electron chi connectivity index (χ2n) is 4.49. The van der Waals surface area contributed by atoms with E-state index in [0.717, 1.165) is 11.1 Å². The minimum atomic E-state index is -1.40. The van der Waals surface area contributed by atoms with E-state index in [0.29, 0.717) is 11.1 Å². The molecule has 1 aromatic rings. The Labute approximate surface area is 90.3 Å². The van der Waals surface area contributed by atoms with Crippen molar-refractivity contribution >= 4 is 5.78 Å². The fraction of sp³-hybridized carbons (Fsp3) is 0.462. The second kappa shape index (κ2) is 3.76. The lowest BCUT2D eigenvalue weighted by molar-refractivity contribution is 0.101. The maximum Gasteiger partial charge on any atom is 0.160 e. The van der Waals surface area contributed by atoms with E-state index in [2.05, 4.69) is 0 Å². The molecule has 2 heteroatoms. The lowest BCUT2D eigenvalue weighted by Gasteiger charge is -2.18. The Bertz CT molecular complexity index is 400. The number of halogens is 1. The molecular formula is C13H17FO. The largest absolute Gasteiger partial charge is 0.295 e. The van der Waals surface area contributed by atoms with Crippen molar-refractivity contribution < 1.29 is 9.18 Å². The summed E-state index contributed by atoms with van der Waals surface area (Å²) in [4.78, 5) is 11.4. The Morgan fingerprint density at radius 1 is 1.27 bits per heavy atom. The molecule has 0 aliphatic carbocycles. The van der Waals surface area contributed by atoms with Crippen LogP contribution in [-0.4, -0.2) is 5.78 Å². The molecule has 0 N–H and O–H groups in total. The van der Waals surface area contributed by atoms with Gasteiger partial charge in [0, 0.05) is 5.56 Å². The van der Waals surface area contributed by atoms with Crippen LogP contribution in [-0.2, 0) is 5.67 Å². The standard InChI is InChI=1S/C13H17FO/c1-8-6-11(13(4,5)14)7-12(9(8)2)10(3)15/h6-7H,1-5H3. The average molecular weight is 208 g/mol. The number of rotatable bonds is 2. The second-order valence-corrected chi connectivity index (χ2v) is 4.49. The van der Waals surface area contributed by atoms with Gasteiger partial charge in [0.1, 0.15) is 5.67 Å². The number of hydrogen-bond donors (Lipinski definition) is 0. The molecule has 0 atom stereocenters. The fourth-order valence-corrected chi connectivity index (χ4v) is 1.57. The molecule has 82 valence electrons. The summed E-state index contributed by atoms with van der Waals surface area (Å²) in [6.07, 6.45) is 0. The van der Waals surface area contributed by atoms with Crippen LogP contribution >= 0.6 is 0 Å². The molecule has 0 spiro atoms. The number of aryl methyl sites for hydroxylation is 1. The summed E-state index contributed by atoms with van der Waals surface area (Å²) < 4.78 is 13.8. The van der Waals surface area contributed by atoms with Crippen molar-refractivity contribution in [2.75, 3.05) is 0 Å². The van der Waals surface area contributed by atoms with Gasteiger partial charge in [-0.25, -0.2) is 4.39 Å². The van der Waals surface area contributed by atoms with E-state index in [1.807, 2.05) is 19.9 Å². The highest BCUT2D eigenvalue weighted by Gasteiger charge is 2.21. The maximum absolute atomic E-state index is 13.8. The van der Waals surface area contributed by atoms with Crippen molar-refractivity contribution in [3.63, 3.8) is 0 Å². The van der Waals surface area contributed by atoms with E-state index in [9.17, 15) is 9.18 Å². The Hall–Kier alpha value is -1.18. The molecule has 0 aromatic heterocycles. The molecule has 0 radical (unpaired) electrons. The Balaban J connectivity index is 3.43. The van der Waals surface area contributed by atoms with Gasteiger partial charge >= 0.3 is 0 Å². The number of ketones is 1. The average Bonchev–Trinajstić information content (AvgIpc) is 2.06. The first-order valence-electron chi connectivity index (χ1n) is 5.05. The van der Waals surface area contributed by atoms with E-state index in [-0.39, 0.29) is 5.78 Å². The maximum atomic E-state index is 13.8. The van der Waals surface area contributed by atoms with Crippen molar-refractivity contribution in [2.24, 2.45) is 0 Å². The van der Waals surface area contributed by atoms with Gasteiger partial charge in [-0.15, -0.1) is 0 Å². The molecule has 0 aliphatic heterocycles. The van der Waals surface area contributed by atoms with E-state index in [1.54, 1.807) is 6.07 Å². The zero-order chi connectivity index (χ0) is 11.8. The number of carbonyl (C=O) groups excluding carboxylic acids is 1. The fourth-order valence-electron chi connectivity index (χ4n) is 1.57. The van der Waals surface area contributed by atoms with Crippen LogP contribution < -0.4 is 0 Å². The normalized spacial score (nSPS) is 11.6. The summed E-state index contributed by atoms with van der Waals surface area (Å²) in [5.74, 6) is -0.0123. The van der Waals surface area contributed by atoms with Crippen LogP contribution in [0.4, 0.5) is 4.39 Å². The SMILES string of the molecule is CC(=O)c1cc(C(C)(C)F)cc(C)c1C. The van der Waals surface area contributed by atoms with Gasteiger partial charge in [0.15, 0.2) is 5.78 Å². The van der Waals surface area contributed by atoms with Gasteiger partial charge in [-0.2, -0.15) is 0 Å². The summed E-state index contributed by atoms with van der Waals surface area (Å²) >= 11 is 0. The van der Waals surface area contributed by atoms with Crippen molar-refractivity contribution in [1.82, 2.24) is 0 Å². The van der Waals surface area contributed by atoms with Crippen LogP contribution in [0.1, 0.15) is 47.8 Å². The first-order chi connectivity index (χ1) is 6.73. The third kappa shape index (κ3) is 2.44. The Kier molecular flexibility index (Phi) is 2.98. The number of benzene rings is 1. The zero-order valence-corrected chi connectivity index (χ0v) is 9.94. The van der Waals surface area contributed by atoms with E-state index >= 15 is 0 Å². The van der Waals surface area contributed by atoms with Gasteiger partial charge in [0.05, 0.1) is 0 Å². The predicted octanol–water partition coefficient (Wildman–Crippen LogP) is 3.71. The molecule has 1 rings (SSSR count). The van der Waals surface area contributed by atoms with Crippen LogP contribution in [0.25, 0.3) is 0 Å². The topological polar surface area (TPSA) is 17.1 Å². The van der Waals surface area contributed by atoms with E-state index < -0.39 is 5.67 Å². The van der Waals surface area contributed by atoms with Crippen LogP contribution in [0.5, 0.6) is 0 Å². The lowest BCUT2D eigenvalue weighted by atomic mass is 9.91. The van der Waals surface area contributed by atoms with Gasteiger partial charge in [0.2, 0.25) is 0 Å². The van der Waals surface area contributed by atoms with Gasteiger partial charge in [-0.1, -0.05) is 6.07 Å². The first kappa shape index (κ1) is 11.9. The number of carbonyl (C=O) groups is 1. The summed E-state index contributed by atoms with van der Waals surface area (Å²) in [7, 11) is 0. The summed E-state index contributed by atoms with van der Waals surface area (Å²) in [6.45, 7) is 8.30. The lowest BCUT2D eigenvalue weighted by Crippen LogP contribution is -2.12. The molecule has 1 aromatic carbocycles. The Morgan fingerprint density at radius 3 is 2.20 bits per heavy atom. The van der Waals surface area contributed by atoms with Crippen LogP contribution in [0.2, 0.25) is 0 Å². The minimum Gasteiger partial charge on any atom is -0.295 e. The van der Waals surface area contributed by atoms with Crippen LogP contribution in [0.3, 0.4) is 0 Å². The minimum absolute atomic E-state index is 0.0123. The highest BCUT2D eigenvalue weighted by Crippen LogP contribution is 2.28. The number of hydrogen-bond acceptors (Lipinski definition) is 1. The van der Waals surface area contributed by atoms with E-state index in [4.69, 9.17) is 0 Å². The summed E-state index contributed by atoms with van der Waals surface area (Å²) in [6, 6.07) is 3.46. The molecule has 1 nitrogen and oxygen atoms in total. The molecule has 15 heavy (non-hydrogen) atoms. The zero-order valence-electron chi connectivity index (χ0n) is 9.94. The molecule has 0 saturated heterocycles. The highest BCUT2D eigenvalue weighted by atomic mass is 19.1. The van der Waals surface area contributed by atoms with Crippen molar-refractivity contribution in [1.29, 1.82) is 0 Å². The third-order valence-corrected chi connectivity index (χ3v) is 2.73. The predicted molar refractivity (Wildman–Crippen MR) is 60.1 cm³/mol. The molecule has 0 unspecified atom stereocenters. The Morgan fingerprint density at radius 2 is 1.80 bits per heavy atom. The van der Waals surface area contributed by atoms with E-state index in [1.165, 1.54) is 20.8 Å². The number of Topliss-reactive ketones (excluding diaryl/α,β-unsaturated/α-hetero) is 1. The molecule has 0 aliphatic rings. The summed E-state index contributed by atoms with van der Waals surface area (Å²) in [5, 5.41) is 0. The third-order valence-electron chi connectivity index (χ3n) is 2.73. The molecular weight excluding hydrogens is 191 g/mol. The van der Waals surface area contributed by atoms with Gasteiger partial charge in [0.25, 0.3) is 0 Å². The quantitative estimate of drug-likeness (QED) is 0.677. The van der Waals surface area contributed by atoms with Crippen molar-refractivity contribution in [3.8, 4) is 0 Å². The van der Waals surface area contributed by atoms with Gasteiger partial charge in [-0.05, 0) is 57.4 Å². The summed E-state index contributed by atoms with van der Waals surface area (Å²) in [5.41, 5.74) is 1.69. The number of alkyl halides is 1. The van der Waals surface area contributed by atoms with Crippen molar-refractivity contribution in [3.05, 3.63) is 34.4 Å². The molecule has 0 heterocycles. The van der Waals surface area contributed by atoms with Gasteiger partial charge in [-0.3, -0.25) is 4.79 Å². The molecule has 0 saturated carbocycles. The highest BCUT2D eigenvalue weighted by molar-refractivity contribution is 5.96. The van der Waals surface area contributed by atoms with Crippen LogP contribution in [0, 0.1) is 13.8 Å². The molecule has 0 amide bonds. The smallest absolute Gasteiger partial charge is 0.160 e. The van der Waals surface area contributed by atoms with Crippen LogP contribution in [0.15, 0.2) is 12.1 Å². The first-order valence-corrected chi connectivity index (χ1v) is 5.05. The van der Waals surface area contributed by atoms with Gasteiger partial charge < -0.3 is 0 Å². The molecule has 0 fully saturated rings. The van der Waals surface area contributed by atoms with Crippen molar-refractivity contribution in [2.45, 2.75) is 40.3 Å². The molecule has 0 bridgehead atoms. The monoisotopic (exact) mass is 208 g/mol.